The second kappa shape index (κ2) is 8.39. The Kier molecular flexibility index (Phi) is 5.67. The summed E-state index contributed by atoms with van der Waals surface area (Å²) in [6.45, 7) is 2.57. The zero-order valence-electron chi connectivity index (χ0n) is 16.3. The number of amides is 1. The lowest BCUT2D eigenvalue weighted by atomic mass is 9.97. The number of carbonyl (C=O) groups is 1. The molecule has 8 nitrogen and oxygen atoms in total. The summed E-state index contributed by atoms with van der Waals surface area (Å²) in [5.41, 5.74) is 6.62. The first-order valence-corrected chi connectivity index (χ1v) is 9.75. The van der Waals surface area contributed by atoms with Gasteiger partial charge in [0.1, 0.15) is 5.84 Å². The molecule has 2 aromatic rings. The number of alkyl halides is 2. The summed E-state index contributed by atoms with van der Waals surface area (Å²) >= 11 is 0. The molecule has 0 aliphatic carbocycles. The van der Waals surface area contributed by atoms with Crippen LogP contribution in [0.15, 0.2) is 36.2 Å². The van der Waals surface area contributed by atoms with Crippen LogP contribution in [0.1, 0.15) is 18.7 Å². The Labute approximate surface area is 171 Å². The van der Waals surface area contributed by atoms with Crippen LogP contribution in [0.2, 0.25) is 0 Å². The Bertz CT molecular complexity index is 978. The van der Waals surface area contributed by atoms with Crippen LogP contribution >= 0.6 is 0 Å². The van der Waals surface area contributed by atoms with Gasteiger partial charge in [-0.25, -0.2) is 13.8 Å². The molecule has 1 atom stereocenters. The highest BCUT2D eigenvalue weighted by atomic mass is 19.3. The summed E-state index contributed by atoms with van der Waals surface area (Å²) in [4.78, 5) is 17.9. The third-order valence-corrected chi connectivity index (χ3v) is 5.34. The Morgan fingerprint density at radius 1 is 1.40 bits per heavy atom. The fourth-order valence-electron chi connectivity index (χ4n) is 3.74. The topological polar surface area (TPSA) is 106 Å². The van der Waals surface area contributed by atoms with Crippen molar-refractivity contribution in [3.63, 3.8) is 0 Å². The number of nitrogens with zero attached hydrogens (tertiary/aromatic N) is 3. The monoisotopic (exact) mass is 419 g/mol. The van der Waals surface area contributed by atoms with Crippen LogP contribution in [0, 0.1) is 17.2 Å². The van der Waals surface area contributed by atoms with Gasteiger partial charge in [-0.2, -0.15) is 0 Å². The van der Waals surface area contributed by atoms with Crippen molar-refractivity contribution < 1.29 is 23.0 Å². The van der Waals surface area contributed by atoms with Gasteiger partial charge in [0.25, 0.3) is 6.43 Å². The molecule has 30 heavy (non-hydrogen) atoms. The summed E-state index contributed by atoms with van der Waals surface area (Å²) < 4.78 is 38.6. The number of nitrogens with one attached hydrogen (secondary N) is 1. The van der Waals surface area contributed by atoms with Gasteiger partial charge in [-0.15, -0.1) is 0 Å². The van der Waals surface area contributed by atoms with Crippen LogP contribution in [-0.2, 0) is 14.3 Å². The van der Waals surface area contributed by atoms with E-state index in [1.54, 1.807) is 29.2 Å². The van der Waals surface area contributed by atoms with E-state index in [4.69, 9.17) is 20.6 Å². The number of allylic oxidation sites excluding steroid dienone is 1. The number of hydrogen-bond acceptors (Lipinski definition) is 6. The zero-order chi connectivity index (χ0) is 21.3. The second-order valence-corrected chi connectivity index (χ2v) is 7.51. The average Bonchev–Trinajstić information content (AvgIpc) is 3.34. The summed E-state index contributed by atoms with van der Waals surface area (Å²) in [6.07, 6.45) is -0.882. The van der Waals surface area contributed by atoms with Crippen molar-refractivity contribution >= 4 is 22.8 Å². The summed E-state index contributed by atoms with van der Waals surface area (Å²) in [5.74, 6) is -0.626. The first-order chi connectivity index (χ1) is 14.4. The predicted molar refractivity (Wildman–Crippen MR) is 105 cm³/mol. The number of likely N-dealkylation sites (tertiary alicyclic amines) is 1. The summed E-state index contributed by atoms with van der Waals surface area (Å²) in [7, 11) is 0. The number of rotatable bonds is 6. The smallest absolute Gasteiger partial charge is 0.296 e. The molecule has 1 unspecified atom stereocenters. The van der Waals surface area contributed by atoms with E-state index in [-0.39, 0.29) is 36.1 Å². The van der Waals surface area contributed by atoms with Crippen molar-refractivity contribution in [1.82, 2.24) is 14.5 Å². The van der Waals surface area contributed by atoms with Crippen LogP contribution in [0.4, 0.5) is 8.78 Å². The minimum Gasteiger partial charge on any atom is -0.479 e. The van der Waals surface area contributed by atoms with E-state index in [0.717, 1.165) is 11.0 Å². The standard InChI is InChI=1S/C20H23F2N5O3/c21-18(22)19-25-14-3-1-2-4-15(14)27(19)16(23)7-17(24)30-10-12-8-26(9-12)20(28)13-5-6-29-11-13/h1-4,7,12-13,18,23H,5-6,8-11,24H2. The number of imidazole rings is 1. The zero-order valence-corrected chi connectivity index (χ0v) is 16.3. The van der Waals surface area contributed by atoms with E-state index < -0.39 is 12.2 Å². The van der Waals surface area contributed by atoms with E-state index in [9.17, 15) is 13.6 Å². The van der Waals surface area contributed by atoms with Crippen molar-refractivity contribution in [2.45, 2.75) is 12.8 Å². The van der Waals surface area contributed by atoms with Gasteiger partial charge < -0.3 is 20.1 Å². The molecule has 2 saturated heterocycles. The van der Waals surface area contributed by atoms with Gasteiger partial charge in [0.2, 0.25) is 5.91 Å². The summed E-state index contributed by atoms with van der Waals surface area (Å²) in [6, 6.07) is 6.60. The van der Waals surface area contributed by atoms with E-state index in [0.29, 0.717) is 37.3 Å². The Hall–Kier alpha value is -3.01. The minimum absolute atomic E-state index is 0.0491. The van der Waals surface area contributed by atoms with Gasteiger partial charge in [-0.3, -0.25) is 14.8 Å². The highest BCUT2D eigenvalue weighted by Gasteiger charge is 2.36. The molecule has 2 fully saturated rings. The Morgan fingerprint density at radius 3 is 2.87 bits per heavy atom. The van der Waals surface area contributed by atoms with Crippen LogP contribution in [0.3, 0.4) is 0 Å². The largest absolute Gasteiger partial charge is 0.479 e. The normalized spacial score (nSPS) is 20.0. The molecule has 2 aliphatic rings. The van der Waals surface area contributed by atoms with Crippen molar-refractivity contribution in [2.75, 3.05) is 32.9 Å². The Balaban J connectivity index is 1.35. The molecule has 10 heteroatoms. The molecular weight excluding hydrogens is 396 g/mol. The first kappa shape index (κ1) is 20.3. The van der Waals surface area contributed by atoms with Crippen LogP contribution in [0.25, 0.3) is 11.0 Å². The lowest BCUT2D eigenvalue weighted by Gasteiger charge is -2.40. The van der Waals surface area contributed by atoms with Crippen molar-refractivity contribution in [1.29, 1.82) is 5.41 Å². The molecule has 2 aliphatic heterocycles. The molecule has 1 amide bonds. The number of ether oxygens (including phenoxy) is 2. The van der Waals surface area contributed by atoms with Crippen LogP contribution in [0.5, 0.6) is 0 Å². The maximum Gasteiger partial charge on any atom is 0.296 e. The predicted octanol–water partition coefficient (Wildman–Crippen LogP) is 2.11. The van der Waals surface area contributed by atoms with Crippen molar-refractivity contribution in [2.24, 2.45) is 17.6 Å². The molecule has 0 bridgehead atoms. The van der Waals surface area contributed by atoms with Gasteiger partial charge in [0.05, 0.1) is 30.2 Å². The van der Waals surface area contributed by atoms with Gasteiger partial charge in [0, 0.05) is 31.7 Å². The van der Waals surface area contributed by atoms with Gasteiger partial charge >= 0.3 is 0 Å². The third-order valence-electron chi connectivity index (χ3n) is 5.34. The van der Waals surface area contributed by atoms with Gasteiger partial charge in [-0.1, -0.05) is 12.1 Å². The van der Waals surface area contributed by atoms with E-state index in [1.807, 2.05) is 0 Å². The highest BCUT2D eigenvalue weighted by Crippen LogP contribution is 2.25. The molecule has 1 aromatic carbocycles. The van der Waals surface area contributed by atoms with Gasteiger partial charge in [-0.05, 0) is 18.6 Å². The average molecular weight is 419 g/mol. The lowest BCUT2D eigenvalue weighted by Crippen LogP contribution is -2.53. The minimum atomic E-state index is -2.84. The maximum absolute atomic E-state index is 13.4. The lowest BCUT2D eigenvalue weighted by molar-refractivity contribution is -0.143. The second-order valence-electron chi connectivity index (χ2n) is 7.51. The van der Waals surface area contributed by atoms with Crippen molar-refractivity contribution in [3.8, 4) is 0 Å². The van der Waals surface area contributed by atoms with E-state index in [1.165, 1.54) is 6.08 Å². The van der Waals surface area contributed by atoms with Crippen LogP contribution in [-0.4, -0.2) is 59.1 Å². The number of para-hydroxylation sites is 2. The number of carbonyl (C=O) groups excluding carboxylic acids is 1. The molecule has 4 rings (SSSR count). The SMILES string of the molecule is N=C(C=C(N)OCC1CN(C(=O)C2CCOC2)C1)n1c(C(F)F)nc2ccccc21. The third kappa shape index (κ3) is 4.00. The van der Waals surface area contributed by atoms with Gasteiger partial charge in [0.15, 0.2) is 11.7 Å². The fraction of sp³-hybridized carbons (Fsp3) is 0.450. The fourth-order valence-corrected chi connectivity index (χ4v) is 3.74. The molecule has 0 saturated carbocycles. The molecule has 3 heterocycles. The van der Waals surface area contributed by atoms with E-state index in [2.05, 4.69) is 4.98 Å². The van der Waals surface area contributed by atoms with Crippen LogP contribution < -0.4 is 5.73 Å². The number of hydrogen-bond donors (Lipinski definition) is 2. The van der Waals surface area contributed by atoms with E-state index >= 15 is 0 Å². The summed E-state index contributed by atoms with van der Waals surface area (Å²) in [5, 5.41) is 8.21. The molecular formula is C20H23F2N5O3. The number of halogens is 2. The number of benzene rings is 1. The number of fused-ring (bicyclic) bond motifs is 1. The number of nitrogens with two attached hydrogens (primary N) is 1. The molecule has 1 aromatic heterocycles. The quantitative estimate of drug-likeness (QED) is 0.424. The number of aromatic nitrogens is 2. The Morgan fingerprint density at radius 2 is 2.17 bits per heavy atom. The molecule has 0 spiro atoms. The molecule has 0 radical (unpaired) electrons. The highest BCUT2D eigenvalue weighted by molar-refractivity contribution is 5.99. The van der Waals surface area contributed by atoms with Crippen molar-refractivity contribution in [3.05, 3.63) is 42.0 Å². The maximum atomic E-state index is 13.4. The molecule has 160 valence electrons. The molecule has 3 N–H and O–H groups in total. The first-order valence-electron chi connectivity index (χ1n) is 9.75.